The van der Waals surface area contributed by atoms with Gasteiger partial charge in [-0.15, -0.1) is 0 Å². The first kappa shape index (κ1) is 14.2. The van der Waals surface area contributed by atoms with Crippen molar-refractivity contribution in [2.45, 2.75) is 13.1 Å². The highest BCUT2D eigenvalue weighted by atomic mass is 19.4. The Balaban J connectivity index is 3.01. The van der Waals surface area contributed by atoms with Crippen molar-refractivity contribution in [3.63, 3.8) is 0 Å². The number of carbonyl (C=O) groups is 1. The van der Waals surface area contributed by atoms with Crippen LogP contribution in [0.1, 0.15) is 17.3 Å². The third-order valence-electron chi connectivity index (χ3n) is 2.19. The molecular formula is C10H11F4N3O. The van der Waals surface area contributed by atoms with E-state index in [4.69, 9.17) is 5.73 Å². The Hall–Kier alpha value is -1.86. The number of alkyl halides is 3. The van der Waals surface area contributed by atoms with Crippen molar-refractivity contribution < 1.29 is 22.4 Å². The van der Waals surface area contributed by atoms with Crippen LogP contribution in [0.4, 0.5) is 23.4 Å². The summed E-state index contributed by atoms with van der Waals surface area (Å²) < 4.78 is 50.1. The Morgan fingerprint density at radius 2 is 2.11 bits per heavy atom. The summed E-state index contributed by atoms with van der Waals surface area (Å²) in [5.74, 6) is -2.70. The zero-order valence-corrected chi connectivity index (χ0v) is 9.46. The maximum atomic E-state index is 13.5. The van der Waals surface area contributed by atoms with Crippen molar-refractivity contribution in [3.8, 4) is 0 Å². The van der Waals surface area contributed by atoms with Gasteiger partial charge < -0.3 is 10.6 Å². The van der Waals surface area contributed by atoms with Crippen LogP contribution in [0.3, 0.4) is 0 Å². The second-order valence-electron chi connectivity index (χ2n) is 3.49. The minimum Gasteiger partial charge on any atom is -0.381 e. The average Bonchev–Trinajstić information content (AvgIpc) is 2.27. The van der Waals surface area contributed by atoms with Crippen molar-refractivity contribution in [3.05, 3.63) is 23.6 Å². The second-order valence-corrected chi connectivity index (χ2v) is 3.49. The minimum atomic E-state index is -4.54. The van der Waals surface area contributed by atoms with Crippen molar-refractivity contribution >= 4 is 11.7 Å². The molecule has 0 aliphatic rings. The number of nitrogens with two attached hydrogens (primary N) is 1. The highest BCUT2D eigenvalue weighted by molar-refractivity contribution is 5.95. The van der Waals surface area contributed by atoms with E-state index in [9.17, 15) is 22.4 Å². The predicted octanol–water partition coefficient (Wildman–Crippen LogP) is 1.83. The first-order chi connectivity index (χ1) is 8.26. The van der Waals surface area contributed by atoms with E-state index in [0.29, 0.717) is 4.90 Å². The molecule has 18 heavy (non-hydrogen) atoms. The van der Waals surface area contributed by atoms with Crippen LogP contribution >= 0.6 is 0 Å². The lowest BCUT2D eigenvalue weighted by Gasteiger charge is -2.22. The molecule has 2 N–H and O–H groups in total. The van der Waals surface area contributed by atoms with Crippen molar-refractivity contribution in [1.29, 1.82) is 0 Å². The molecule has 0 saturated heterocycles. The fourth-order valence-corrected chi connectivity index (χ4v) is 1.34. The molecule has 0 spiro atoms. The Morgan fingerprint density at radius 3 is 2.61 bits per heavy atom. The summed E-state index contributed by atoms with van der Waals surface area (Å²) in [5, 5.41) is 0. The van der Waals surface area contributed by atoms with Gasteiger partial charge in [0.25, 0.3) is 5.91 Å². The Kier molecular flexibility index (Phi) is 4.10. The number of nitrogens with zero attached hydrogens (tertiary/aromatic N) is 2. The molecule has 1 rings (SSSR count). The van der Waals surface area contributed by atoms with Gasteiger partial charge in [-0.2, -0.15) is 13.2 Å². The van der Waals surface area contributed by atoms with Crippen molar-refractivity contribution in [2.24, 2.45) is 0 Å². The van der Waals surface area contributed by atoms with Crippen LogP contribution in [0.2, 0.25) is 0 Å². The summed E-state index contributed by atoms with van der Waals surface area (Å²) in [6.07, 6.45) is -3.48. The normalized spacial score (nSPS) is 11.4. The molecule has 1 heterocycles. The van der Waals surface area contributed by atoms with E-state index in [0.717, 1.165) is 12.3 Å². The lowest BCUT2D eigenvalue weighted by Crippen LogP contribution is -2.39. The number of nitrogen functional groups attached to an aromatic ring is 1. The zero-order valence-electron chi connectivity index (χ0n) is 9.46. The number of hydrogen-bond acceptors (Lipinski definition) is 3. The molecular weight excluding hydrogens is 254 g/mol. The van der Waals surface area contributed by atoms with Crippen LogP contribution in [0, 0.1) is 5.82 Å². The van der Waals surface area contributed by atoms with Crippen LogP contribution in [-0.4, -0.2) is 35.1 Å². The monoisotopic (exact) mass is 265 g/mol. The van der Waals surface area contributed by atoms with E-state index in [2.05, 4.69) is 4.98 Å². The van der Waals surface area contributed by atoms with Gasteiger partial charge in [-0.3, -0.25) is 4.79 Å². The number of amides is 1. The third kappa shape index (κ3) is 3.31. The molecule has 0 aliphatic heterocycles. The van der Waals surface area contributed by atoms with Crippen LogP contribution in [0.5, 0.6) is 0 Å². The quantitative estimate of drug-likeness (QED) is 0.848. The Labute approximate surface area is 100 Å². The van der Waals surface area contributed by atoms with Gasteiger partial charge in [0, 0.05) is 12.7 Å². The molecule has 0 atom stereocenters. The summed E-state index contributed by atoms with van der Waals surface area (Å²) >= 11 is 0. The molecule has 0 radical (unpaired) electrons. The summed E-state index contributed by atoms with van der Waals surface area (Å²) in [5.41, 5.74) is 4.63. The number of pyridine rings is 1. The maximum Gasteiger partial charge on any atom is 0.406 e. The van der Waals surface area contributed by atoms with E-state index in [1.807, 2.05) is 0 Å². The van der Waals surface area contributed by atoms with Gasteiger partial charge in [0.1, 0.15) is 6.54 Å². The predicted molar refractivity (Wildman–Crippen MR) is 56.2 cm³/mol. The van der Waals surface area contributed by atoms with Crippen LogP contribution in [-0.2, 0) is 0 Å². The van der Waals surface area contributed by atoms with E-state index < -0.39 is 35.8 Å². The number of carbonyl (C=O) groups excluding carboxylic acids is 1. The van der Waals surface area contributed by atoms with Gasteiger partial charge in [0.15, 0.2) is 11.6 Å². The lowest BCUT2D eigenvalue weighted by atomic mass is 10.2. The highest BCUT2D eigenvalue weighted by Crippen LogP contribution is 2.19. The summed E-state index contributed by atoms with van der Waals surface area (Å²) in [7, 11) is 0. The molecule has 0 aromatic carbocycles. The van der Waals surface area contributed by atoms with Gasteiger partial charge in [0.2, 0.25) is 0 Å². The molecule has 0 aliphatic carbocycles. The Bertz CT molecular complexity index is 447. The lowest BCUT2D eigenvalue weighted by molar-refractivity contribution is -0.140. The van der Waals surface area contributed by atoms with Gasteiger partial charge in [0.05, 0.1) is 5.56 Å². The maximum absolute atomic E-state index is 13.5. The first-order valence-corrected chi connectivity index (χ1v) is 5.02. The smallest absolute Gasteiger partial charge is 0.381 e. The molecule has 0 fully saturated rings. The Morgan fingerprint density at radius 1 is 1.50 bits per heavy atom. The number of anilines is 1. The molecule has 0 bridgehead atoms. The topological polar surface area (TPSA) is 59.2 Å². The summed E-state index contributed by atoms with van der Waals surface area (Å²) in [4.78, 5) is 15.6. The minimum absolute atomic E-state index is 0.194. The van der Waals surface area contributed by atoms with Gasteiger partial charge in [-0.25, -0.2) is 9.37 Å². The average molecular weight is 265 g/mol. The van der Waals surface area contributed by atoms with Gasteiger partial charge in [-0.1, -0.05) is 0 Å². The number of rotatable bonds is 3. The molecule has 8 heteroatoms. The van der Waals surface area contributed by atoms with Gasteiger partial charge in [-0.05, 0) is 13.0 Å². The third-order valence-corrected chi connectivity index (χ3v) is 2.19. The highest BCUT2D eigenvalue weighted by Gasteiger charge is 2.33. The second kappa shape index (κ2) is 5.19. The summed E-state index contributed by atoms with van der Waals surface area (Å²) in [6, 6.07) is 0.993. The summed E-state index contributed by atoms with van der Waals surface area (Å²) in [6.45, 7) is -0.268. The largest absolute Gasteiger partial charge is 0.406 e. The van der Waals surface area contributed by atoms with E-state index >= 15 is 0 Å². The molecule has 0 saturated carbocycles. The molecule has 0 unspecified atom stereocenters. The van der Waals surface area contributed by atoms with E-state index in [1.54, 1.807) is 0 Å². The molecule has 1 aromatic heterocycles. The molecule has 1 amide bonds. The zero-order chi connectivity index (χ0) is 13.9. The molecule has 4 nitrogen and oxygen atoms in total. The molecule has 100 valence electrons. The van der Waals surface area contributed by atoms with E-state index in [-0.39, 0.29) is 6.54 Å². The van der Waals surface area contributed by atoms with Gasteiger partial charge >= 0.3 is 6.18 Å². The van der Waals surface area contributed by atoms with Crippen LogP contribution in [0.15, 0.2) is 12.3 Å². The number of aromatic nitrogens is 1. The number of halogens is 4. The fraction of sp³-hybridized carbons (Fsp3) is 0.400. The van der Waals surface area contributed by atoms with Crippen LogP contribution < -0.4 is 5.73 Å². The fourth-order valence-electron chi connectivity index (χ4n) is 1.34. The van der Waals surface area contributed by atoms with E-state index in [1.165, 1.54) is 6.92 Å². The number of hydrogen-bond donors (Lipinski definition) is 1. The standard InChI is InChI=1S/C10H11F4N3O/c1-2-17(5-10(12,13)14)9(18)6-3-4-16-8(15)7(6)11/h3-4H,2,5H2,1H3,(H2,15,16). The van der Waals surface area contributed by atoms with Crippen molar-refractivity contribution in [1.82, 2.24) is 9.88 Å². The SMILES string of the molecule is CCN(CC(F)(F)F)C(=O)c1ccnc(N)c1F. The first-order valence-electron chi connectivity index (χ1n) is 5.02. The van der Waals surface area contributed by atoms with Crippen molar-refractivity contribution in [2.75, 3.05) is 18.8 Å². The van der Waals surface area contributed by atoms with Crippen LogP contribution in [0.25, 0.3) is 0 Å². The molecule has 1 aromatic rings.